The summed E-state index contributed by atoms with van der Waals surface area (Å²) >= 11 is 6.07. The zero-order valence-electron chi connectivity index (χ0n) is 14.8. The molecule has 0 heterocycles. The number of anilines is 1. The van der Waals surface area contributed by atoms with Crippen LogP contribution in [0.25, 0.3) is 0 Å². The van der Waals surface area contributed by atoms with Crippen molar-refractivity contribution in [1.82, 2.24) is 5.32 Å². The van der Waals surface area contributed by atoms with Gasteiger partial charge < -0.3 is 15.4 Å². The van der Waals surface area contributed by atoms with Gasteiger partial charge in [0.25, 0.3) is 0 Å². The summed E-state index contributed by atoms with van der Waals surface area (Å²) in [5.41, 5.74) is 2.89. The van der Waals surface area contributed by atoms with E-state index in [0.29, 0.717) is 29.4 Å². The number of halogens is 1. The molecule has 25 heavy (non-hydrogen) atoms. The van der Waals surface area contributed by atoms with Gasteiger partial charge in [-0.25, -0.2) is 0 Å². The number of benzene rings is 2. The van der Waals surface area contributed by atoms with Crippen LogP contribution in [0, 0.1) is 6.92 Å². The molecule has 0 unspecified atom stereocenters. The van der Waals surface area contributed by atoms with Gasteiger partial charge in [0.2, 0.25) is 5.91 Å². The molecule has 0 saturated carbocycles. The summed E-state index contributed by atoms with van der Waals surface area (Å²) in [6.45, 7) is 3.44. The number of methoxy groups -OCH3 is 1. The van der Waals surface area contributed by atoms with E-state index in [9.17, 15) is 4.79 Å². The summed E-state index contributed by atoms with van der Waals surface area (Å²) in [5.74, 6) is 0.523. The first-order valence-corrected chi connectivity index (χ1v) is 8.86. The van der Waals surface area contributed by atoms with E-state index < -0.39 is 0 Å². The van der Waals surface area contributed by atoms with E-state index >= 15 is 0 Å². The van der Waals surface area contributed by atoms with Gasteiger partial charge >= 0.3 is 0 Å². The fourth-order valence-electron chi connectivity index (χ4n) is 2.53. The fourth-order valence-corrected chi connectivity index (χ4v) is 2.69. The van der Waals surface area contributed by atoms with Crippen molar-refractivity contribution in [3.63, 3.8) is 0 Å². The number of ether oxygens (including phenoxy) is 1. The average Bonchev–Trinajstić information content (AvgIpc) is 2.61. The number of carbonyl (C=O) groups excluding carboxylic acids is 1. The highest BCUT2D eigenvalue weighted by Gasteiger charge is 2.10. The van der Waals surface area contributed by atoms with Gasteiger partial charge in [-0.3, -0.25) is 4.79 Å². The van der Waals surface area contributed by atoms with Crippen LogP contribution in [0.4, 0.5) is 5.69 Å². The van der Waals surface area contributed by atoms with Crippen molar-refractivity contribution < 1.29 is 9.53 Å². The van der Waals surface area contributed by atoms with Crippen molar-refractivity contribution in [2.24, 2.45) is 0 Å². The average molecular weight is 361 g/mol. The molecular weight excluding hydrogens is 336 g/mol. The molecule has 2 aromatic carbocycles. The van der Waals surface area contributed by atoms with Crippen LogP contribution in [0.3, 0.4) is 0 Å². The molecule has 0 fully saturated rings. The van der Waals surface area contributed by atoms with Crippen LogP contribution < -0.4 is 15.4 Å². The first-order valence-electron chi connectivity index (χ1n) is 8.49. The number of nitrogens with one attached hydrogen (secondary N) is 2. The van der Waals surface area contributed by atoms with Crippen molar-refractivity contribution in [1.29, 1.82) is 0 Å². The molecule has 2 N–H and O–H groups in total. The van der Waals surface area contributed by atoms with Crippen molar-refractivity contribution in [2.45, 2.75) is 26.2 Å². The number of aryl methyl sites for hydroxylation is 2. The predicted octanol–water partition coefficient (Wildman–Crippen LogP) is 4.21. The molecule has 0 spiro atoms. The van der Waals surface area contributed by atoms with Gasteiger partial charge in [-0.05, 0) is 43.5 Å². The normalized spacial score (nSPS) is 10.5. The van der Waals surface area contributed by atoms with E-state index in [2.05, 4.69) is 34.9 Å². The van der Waals surface area contributed by atoms with Crippen LogP contribution in [0.5, 0.6) is 5.75 Å². The lowest BCUT2D eigenvalue weighted by molar-refractivity contribution is -0.116. The molecule has 0 radical (unpaired) electrons. The number of rotatable bonds is 9. The van der Waals surface area contributed by atoms with Gasteiger partial charge in [0, 0.05) is 24.1 Å². The molecule has 2 rings (SSSR count). The smallest absolute Gasteiger partial charge is 0.225 e. The van der Waals surface area contributed by atoms with Gasteiger partial charge in [0.15, 0.2) is 0 Å². The maximum absolute atomic E-state index is 12.1. The zero-order valence-corrected chi connectivity index (χ0v) is 15.5. The molecular formula is C20H25ClN2O2. The maximum atomic E-state index is 12.1. The van der Waals surface area contributed by atoms with Crippen LogP contribution >= 0.6 is 11.6 Å². The van der Waals surface area contributed by atoms with E-state index in [-0.39, 0.29) is 5.91 Å². The van der Waals surface area contributed by atoms with E-state index in [1.54, 1.807) is 13.2 Å². The predicted molar refractivity (Wildman–Crippen MR) is 104 cm³/mol. The van der Waals surface area contributed by atoms with E-state index in [0.717, 1.165) is 24.9 Å². The third kappa shape index (κ3) is 6.40. The summed E-state index contributed by atoms with van der Waals surface area (Å²) in [6.07, 6.45) is 2.51. The van der Waals surface area contributed by atoms with Crippen LogP contribution in [-0.4, -0.2) is 26.1 Å². The Labute approximate surface area is 154 Å². The van der Waals surface area contributed by atoms with E-state index in [1.165, 1.54) is 5.56 Å². The molecule has 1 amide bonds. The Morgan fingerprint density at radius 1 is 1.16 bits per heavy atom. The number of hydrogen-bond acceptors (Lipinski definition) is 3. The number of amides is 1. The highest BCUT2D eigenvalue weighted by Crippen LogP contribution is 2.30. The highest BCUT2D eigenvalue weighted by molar-refractivity contribution is 6.31. The monoisotopic (exact) mass is 360 g/mol. The summed E-state index contributed by atoms with van der Waals surface area (Å²) in [4.78, 5) is 12.1. The molecule has 0 aliphatic heterocycles. The third-order valence-electron chi connectivity index (χ3n) is 3.95. The molecule has 0 aliphatic carbocycles. The molecule has 0 aromatic heterocycles. The van der Waals surface area contributed by atoms with Gasteiger partial charge in [-0.15, -0.1) is 0 Å². The molecule has 2 aromatic rings. The van der Waals surface area contributed by atoms with Crippen molar-refractivity contribution in [3.05, 3.63) is 58.6 Å². The molecule has 0 saturated heterocycles. The van der Waals surface area contributed by atoms with Gasteiger partial charge in [0.05, 0.1) is 12.8 Å². The van der Waals surface area contributed by atoms with Crippen molar-refractivity contribution >= 4 is 23.2 Å². The highest BCUT2D eigenvalue weighted by atomic mass is 35.5. The third-order valence-corrected chi connectivity index (χ3v) is 4.35. The lowest BCUT2D eigenvalue weighted by Crippen LogP contribution is -2.23. The summed E-state index contributed by atoms with van der Waals surface area (Å²) < 4.78 is 5.27. The SMILES string of the molecule is COc1cc(Cl)c(C)cc1NC(=O)CCNCCCc1ccccc1. The molecule has 0 atom stereocenters. The Hall–Kier alpha value is -2.04. The van der Waals surface area contributed by atoms with Crippen molar-refractivity contribution in [3.8, 4) is 5.75 Å². The van der Waals surface area contributed by atoms with E-state index in [1.807, 2.05) is 19.1 Å². The Morgan fingerprint density at radius 2 is 1.92 bits per heavy atom. The lowest BCUT2D eigenvalue weighted by atomic mass is 10.1. The van der Waals surface area contributed by atoms with E-state index in [4.69, 9.17) is 16.3 Å². The minimum atomic E-state index is -0.0458. The van der Waals surface area contributed by atoms with Crippen LogP contribution in [0.2, 0.25) is 5.02 Å². The van der Waals surface area contributed by atoms with Crippen molar-refractivity contribution in [2.75, 3.05) is 25.5 Å². The quantitative estimate of drug-likeness (QED) is 0.659. The summed E-state index contributed by atoms with van der Waals surface area (Å²) in [6, 6.07) is 13.9. The molecule has 5 heteroatoms. The van der Waals surface area contributed by atoms with Crippen LogP contribution in [0.15, 0.2) is 42.5 Å². The summed E-state index contributed by atoms with van der Waals surface area (Å²) in [7, 11) is 1.56. The Kier molecular flexibility index (Phi) is 7.76. The number of hydrogen-bond donors (Lipinski definition) is 2. The molecule has 134 valence electrons. The first-order chi connectivity index (χ1) is 12.1. The maximum Gasteiger partial charge on any atom is 0.225 e. The Bertz CT molecular complexity index is 690. The topological polar surface area (TPSA) is 50.4 Å². The van der Waals surface area contributed by atoms with Gasteiger partial charge in [-0.1, -0.05) is 41.9 Å². The minimum Gasteiger partial charge on any atom is -0.495 e. The van der Waals surface area contributed by atoms with Gasteiger partial charge in [0.1, 0.15) is 5.75 Å². The lowest BCUT2D eigenvalue weighted by Gasteiger charge is -2.12. The largest absolute Gasteiger partial charge is 0.495 e. The number of carbonyl (C=O) groups is 1. The Balaban J connectivity index is 1.68. The fraction of sp³-hybridized carbons (Fsp3) is 0.350. The molecule has 4 nitrogen and oxygen atoms in total. The molecule has 0 bridgehead atoms. The first kappa shape index (κ1) is 19.3. The molecule has 0 aliphatic rings. The second kappa shape index (κ2) is 10.1. The minimum absolute atomic E-state index is 0.0458. The summed E-state index contributed by atoms with van der Waals surface area (Å²) in [5, 5.41) is 6.81. The van der Waals surface area contributed by atoms with Gasteiger partial charge in [-0.2, -0.15) is 0 Å². The zero-order chi connectivity index (χ0) is 18.1. The van der Waals surface area contributed by atoms with Crippen LogP contribution in [-0.2, 0) is 11.2 Å². The second-order valence-corrected chi connectivity index (χ2v) is 6.35. The Morgan fingerprint density at radius 3 is 2.64 bits per heavy atom. The standard InChI is InChI=1S/C20H25ClN2O2/c1-15-13-18(19(25-2)14-17(15)21)23-20(24)10-12-22-11-6-9-16-7-4-3-5-8-16/h3-5,7-8,13-14,22H,6,9-12H2,1-2H3,(H,23,24). The second-order valence-electron chi connectivity index (χ2n) is 5.94. The van der Waals surface area contributed by atoms with Crippen LogP contribution in [0.1, 0.15) is 24.0 Å².